The molecule has 5 heteroatoms. The summed E-state index contributed by atoms with van der Waals surface area (Å²) in [6.45, 7) is 2.18. The van der Waals surface area contributed by atoms with Crippen LogP contribution in [0.1, 0.15) is 39.0 Å². The summed E-state index contributed by atoms with van der Waals surface area (Å²) in [6, 6.07) is 1.87. The fourth-order valence-electron chi connectivity index (χ4n) is 1.95. The van der Waals surface area contributed by atoms with Crippen LogP contribution in [-0.2, 0) is 9.59 Å². The van der Waals surface area contributed by atoms with E-state index in [9.17, 15) is 9.59 Å². The molecule has 1 rings (SSSR count). The predicted octanol–water partition coefficient (Wildman–Crippen LogP) is 1.14. The van der Waals surface area contributed by atoms with Gasteiger partial charge in [0.25, 0.3) is 5.91 Å². The van der Waals surface area contributed by atoms with Crippen LogP contribution in [0.2, 0.25) is 0 Å². The second kappa shape index (κ2) is 6.92. The lowest BCUT2D eigenvalue weighted by Crippen LogP contribution is -2.41. The molecule has 0 radical (unpaired) electrons. The van der Waals surface area contributed by atoms with Gasteiger partial charge < -0.3 is 5.11 Å². The van der Waals surface area contributed by atoms with Gasteiger partial charge in [0.1, 0.15) is 11.6 Å². The van der Waals surface area contributed by atoms with E-state index in [1.54, 1.807) is 6.92 Å². The lowest BCUT2D eigenvalue weighted by atomic mass is 10.0. The maximum atomic E-state index is 11.9. The number of imide groups is 1. The lowest BCUT2D eigenvalue weighted by molar-refractivity contribution is -0.143. The van der Waals surface area contributed by atoms with Gasteiger partial charge >= 0.3 is 0 Å². The Bertz CT molecular complexity index is 407. The van der Waals surface area contributed by atoms with Crippen molar-refractivity contribution < 1.29 is 14.7 Å². The number of amides is 2. The lowest BCUT2D eigenvalue weighted by Gasteiger charge is -2.25. The number of rotatable bonds is 6. The molecule has 1 aliphatic rings. The molecule has 1 heterocycles. The molecule has 0 saturated carbocycles. The molecule has 0 aliphatic carbocycles. The fraction of sp³-hybridized carbons (Fsp3) is 0.615. The zero-order valence-corrected chi connectivity index (χ0v) is 10.6. The number of hydrogen-bond acceptors (Lipinski definition) is 4. The minimum Gasteiger partial charge on any atom is -0.396 e. The van der Waals surface area contributed by atoms with E-state index in [2.05, 4.69) is 0 Å². The van der Waals surface area contributed by atoms with Crippen LogP contribution in [0.25, 0.3) is 0 Å². The minimum atomic E-state index is -0.464. The van der Waals surface area contributed by atoms with E-state index in [0.717, 1.165) is 25.7 Å². The molecule has 2 amide bonds. The largest absolute Gasteiger partial charge is 0.396 e. The van der Waals surface area contributed by atoms with Crippen LogP contribution in [0.5, 0.6) is 0 Å². The third-order valence-electron chi connectivity index (χ3n) is 3.00. The van der Waals surface area contributed by atoms with E-state index in [-0.39, 0.29) is 24.5 Å². The molecule has 0 atom stereocenters. The van der Waals surface area contributed by atoms with Gasteiger partial charge in [-0.1, -0.05) is 12.8 Å². The smallest absolute Gasteiger partial charge is 0.271 e. The molecule has 0 aromatic carbocycles. The Kier molecular flexibility index (Phi) is 5.53. The van der Waals surface area contributed by atoms with Gasteiger partial charge in [-0.2, -0.15) is 5.26 Å². The quantitative estimate of drug-likeness (QED) is 0.566. The van der Waals surface area contributed by atoms with E-state index in [1.165, 1.54) is 4.90 Å². The first-order valence-electron chi connectivity index (χ1n) is 6.17. The van der Waals surface area contributed by atoms with Crippen LogP contribution in [0.4, 0.5) is 0 Å². The van der Waals surface area contributed by atoms with Crippen molar-refractivity contribution in [1.82, 2.24) is 4.90 Å². The van der Waals surface area contributed by atoms with Gasteiger partial charge in [0.15, 0.2) is 0 Å². The second-order valence-electron chi connectivity index (χ2n) is 4.43. The van der Waals surface area contributed by atoms with Gasteiger partial charge in [0, 0.05) is 19.6 Å². The van der Waals surface area contributed by atoms with Gasteiger partial charge in [-0.15, -0.1) is 0 Å². The van der Waals surface area contributed by atoms with Crippen LogP contribution >= 0.6 is 0 Å². The average molecular weight is 250 g/mol. The molecule has 0 spiro atoms. The summed E-state index contributed by atoms with van der Waals surface area (Å²) >= 11 is 0. The Morgan fingerprint density at radius 3 is 2.56 bits per heavy atom. The van der Waals surface area contributed by atoms with Crippen molar-refractivity contribution in [2.75, 3.05) is 13.2 Å². The standard InChI is InChI=1S/C13H18N2O3/c1-10-8-12(17)15(13(18)11(10)9-14)6-4-2-3-5-7-16/h16H,2-8H2,1H3. The first-order valence-corrected chi connectivity index (χ1v) is 6.17. The number of aliphatic hydroxyl groups is 1. The maximum Gasteiger partial charge on any atom is 0.271 e. The second-order valence-corrected chi connectivity index (χ2v) is 4.43. The van der Waals surface area contributed by atoms with E-state index < -0.39 is 5.91 Å². The molecule has 1 aliphatic heterocycles. The summed E-state index contributed by atoms with van der Waals surface area (Å²) in [5, 5.41) is 17.5. The zero-order valence-electron chi connectivity index (χ0n) is 10.6. The molecule has 1 N–H and O–H groups in total. The highest BCUT2D eigenvalue weighted by Crippen LogP contribution is 2.20. The Balaban J connectivity index is 2.54. The number of nitriles is 1. The zero-order chi connectivity index (χ0) is 13.5. The summed E-state index contributed by atoms with van der Waals surface area (Å²) < 4.78 is 0. The van der Waals surface area contributed by atoms with Crippen molar-refractivity contribution in [1.29, 1.82) is 5.26 Å². The Morgan fingerprint density at radius 2 is 1.94 bits per heavy atom. The van der Waals surface area contributed by atoms with E-state index in [0.29, 0.717) is 12.1 Å². The Morgan fingerprint density at radius 1 is 1.28 bits per heavy atom. The van der Waals surface area contributed by atoms with Gasteiger partial charge in [0.05, 0.1) is 0 Å². The number of carbonyl (C=O) groups excluding carboxylic acids is 2. The molecule has 0 aromatic rings. The Hall–Kier alpha value is -1.67. The minimum absolute atomic E-state index is 0.102. The van der Waals surface area contributed by atoms with Crippen LogP contribution in [0, 0.1) is 11.3 Å². The maximum absolute atomic E-state index is 11.9. The van der Waals surface area contributed by atoms with Gasteiger partial charge in [0.2, 0.25) is 5.91 Å². The molecule has 0 saturated heterocycles. The first-order chi connectivity index (χ1) is 8.61. The summed E-state index contributed by atoms with van der Waals surface area (Å²) in [4.78, 5) is 24.8. The molecule has 0 unspecified atom stereocenters. The Labute approximate surface area is 107 Å². The van der Waals surface area contributed by atoms with Crippen LogP contribution in [-0.4, -0.2) is 35.0 Å². The highest BCUT2D eigenvalue weighted by atomic mass is 16.3. The SMILES string of the molecule is CC1=C(C#N)C(=O)N(CCCCCCO)C(=O)C1. The molecule has 18 heavy (non-hydrogen) atoms. The number of hydrogen-bond donors (Lipinski definition) is 1. The van der Waals surface area contributed by atoms with Crippen LogP contribution in [0.15, 0.2) is 11.1 Å². The van der Waals surface area contributed by atoms with E-state index >= 15 is 0 Å². The predicted molar refractivity (Wildman–Crippen MR) is 65.2 cm³/mol. The molecular weight excluding hydrogens is 232 g/mol. The first kappa shape index (κ1) is 14.4. The van der Waals surface area contributed by atoms with Crippen molar-refractivity contribution in [3.63, 3.8) is 0 Å². The normalized spacial score (nSPS) is 16.2. The van der Waals surface area contributed by atoms with Crippen LogP contribution < -0.4 is 0 Å². The van der Waals surface area contributed by atoms with Crippen molar-refractivity contribution >= 4 is 11.8 Å². The monoisotopic (exact) mass is 250 g/mol. The topological polar surface area (TPSA) is 81.4 Å². The highest BCUT2D eigenvalue weighted by Gasteiger charge is 2.30. The third kappa shape index (κ3) is 3.41. The number of unbranched alkanes of at least 4 members (excludes halogenated alkanes) is 3. The molecule has 5 nitrogen and oxygen atoms in total. The van der Waals surface area contributed by atoms with Gasteiger partial charge in [-0.25, -0.2) is 0 Å². The number of aliphatic hydroxyl groups excluding tert-OH is 1. The summed E-state index contributed by atoms with van der Waals surface area (Å²) in [5.74, 6) is -0.688. The van der Waals surface area contributed by atoms with Gasteiger partial charge in [-0.05, 0) is 25.3 Å². The summed E-state index contributed by atoms with van der Waals surface area (Å²) in [7, 11) is 0. The molecule has 0 bridgehead atoms. The number of carbonyl (C=O) groups is 2. The van der Waals surface area contributed by atoms with Gasteiger partial charge in [-0.3, -0.25) is 14.5 Å². The van der Waals surface area contributed by atoms with Crippen LogP contribution in [0.3, 0.4) is 0 Å². The summed E-state index contributed by atoms with van der Waals surface area (Å²) in [5.41, 5.74) is 0.661. The van der Waals surface area contributed by atoms with E-state index in [4.69, 9.17) is 10.4 Å². The molecule has 0 fully saturated rings. The van der Waals surface area contributed by atoms with E-state index in [1.807, 2.05) is 6.07 Å². The summed E-state index contributed by atoms with van der Waals surface area (Å²) in [6.07, 6.45) is 3.36. The molecule has 0 aromatic heterocycles. The number of nitrogens with zero attached hydrogens (tertiary/aromatic N) is 2. The molecule has 98 valence electrons. The average Bonchev–Trinajstić information content (AvgIpc) is 2.32. The highest BCUT2D eigenvalue weighted by molar-refractivity contribution is 6.10. The van der Waals surface area contributed by atoms with Crippen molar-refractivity contribution in [2.24, 2.45) is 0 Å². The van der Waals surface area contributed by atoms with Crippen molar-refractivity contribution in [2.45, 2.75) is 39.0 Å². The molecular formula is C13H18N2O3. The van der Waals surface area contributed by atoms with Crippen molar-refractivity contribution in [3.8, 4) is 6.07 Å². The van der Waals surface area contributed by atoms with Crippen molar-refractivity contribution in [3.05, 3.63) is 11.1 Å². The third-order valence-corrected chi connectivity index (χ3v) is 3.00. The fourth-order valence-corrected chi connectivity index (χ4v) is 1.95.